The highest BCUT2D eigenvalue weighted by molar-refractivity contribution is 5.96. The monoisotopic (exact) mass is 244 g/mol. The fourth-order valence-corrected chi connectivity index (χ4v) is 1.98. The third kappa shape index (κ3) is 2.53. The average Bonchev–Trinajstić information content (AvgIpc) is 2.36. The highest BCUT2D eigenvalue weighted by atomic mass is 16.2. The molecule has 0 spiro atoms. The summed E-state index contributed by atoms with van der Waals surface area (Å²) in [4.78, 5) is 13.8. The van der Waals surface area contributed by atoms with E-state index in [9.17, 15) is 4.79 Å². The van der Waals surface area contributed by atoms with Crippen molar-refractivity contribution in [2.45, 2.75) is 34.1 Å². The van der Waals surface area contributed by atoms with Gasteiger partial charge in [0.15, 0.2) is 0 Å². The zero-order valence-electron chi connectivity index (χ0n) is 11.7. The van der Waals surface area contributed by atoms with Crippen molar-refractivity contribution in [1.29, 1.82) is 5.26 Å². The molecule has 1 unspecified atom stereocenters. The summed E-state index contributed by atoms with van der Waals surface area (Å²) in [6, 6.07) is 6.01. The Morgan fingerprint density at radius 2 is 1.94 bits per heavy atom. The Labute approximate surface area is 109 Å². The van der Waals surface area contributed by atoms with Gasteiger partial charge in [-0.3, -0.25) is 4.79 Å². The number of aryl methyl sites for hydroxylation is 1. The second kappa shape index (κ2) is 5.68. The van der Waals surface area contributed by atoms with Crippen LogP contribution in [0.5, 0.6) is 0 Å². The summed E-state index contributed by atoms with van der Waals surface area (Å²) in [7, 11) is 1.74. The van der Waals surface area contributed by atoms with E-state index in [0.717, 1.165) is 11.3 Å². The van der Waals surface area contributed by atoms with Gasteiger partial charge in [-0.1, -0.05) is 13.0 Å². The van der Waals surface area contributed by atoms with Gasteiger partial charge < -0.3 is 4.90 Å². The van der Waals surface area contributed by atoms with Gasteiger partial charge in [0.05, 0.1) is 6.07 Å². The molecule has 3 heteroatoms. The first kappa shape index (κ1) is 14.2. The van der Waals surface area contributed by atoms with Crippen molar-refractivity contribution in [2.75, 3.05) is 11.9 Å². The summed E-state index contributed by atoms with van der Waals surface area (Å²) in [6.07, 6.45) is 0.545. The summed E-state index contributed by atoms with van der Waals surface area (Å²) in [5, 5.41) is 8.96. The predicted octanol–water partition coefficient (Wildman–Crippen LogP) is 3.12. The first-order chi connectivity index (χ1) is 8.43. The first-order valence-corrected chi connectivity index (χ1v) is 6.18. The van der Waals surface area contributed by atoms with Gasteiger partial charge in [-0.2, -0.15) is 5.26 Å². The van der Waals surface area contributed by atoms with E-state index in [-0.39, 0.29) is 5.91 Å². The molecule has 1 aromatic carbocycles. The van der Waals surface area contributed by atoms with Gasteiger partial charge in [-0.05, 0) is 49.9 Å². The molecule has 0 radical (unpaired) electrons. The molecule has 1 aromatic rings. The number of rotatable bonds is 3. The summed E-state index contributed by atoms with van der Waals surface area (Å²) in [6.45, 7) is 7.97. The number of carbonyl (C=O) groups excluding carboxylic acids is 1. The number of carbonyl (C=O) groups is 1. The quantitative estimate of drug-likeness (QED) is 0.820. The van der Waals surface area contributed by atoms with E-state index in [4.69, 9.17) is 5.26 Å². The van der Waals surface area contributed by atoms with Crippen molar-refractivity contribution >= 4 is 11.6 Å². The predicted molar refractivity (Wildman–Crippen MR) is 73.5 cm³/mol. The highest BCUT2D eigenvalue weighted by Gasteiger charge is 2.22. The standard InChI is InChI=1S/C15H20N2O/c1-6-13(9-16)15(18)17(5)14-8-7-10(2)11(3)12(14)4/h7-8,13H,6H2,1-5H3. The molecule has 0 aliphatic rings. The Kier molecular flexibility index (Phi) is 4.49. The van der Waals surface area contributed by atoms with Crippen LogP contribution in [0.2, 0.25) is 0 Å². The summed E-state index contributed by atoms with van der Waals surface area (Å²) in [5.74, 6) is -0.692. The van der Waals surface area contributed by atoms with E-state index in [2.05, 4.69) is 13.0 Å². The fraction of sp³-hybridized carbons (Fsp3) is 0.467. The minimum atomic E-state index is -0.559. The summed E-state index contributed by atoms with van der Waals surface area (Å²) < 4.78 is 0. The number of benzene rings is 1. The number of nitrogens with zero attached hydrogens (tertiary/aromatic N) is 2. The molecule has 0 N–H and O–H groups in total. The molecule has 1 atom stereocenters. The molecule has 1 rings (SSSR count). The minimum absolute atomic E-state index is 0.133. The van der Waals surface area contributed by atoms with E-state index in [0.29, 0.717) is 6.42 Å². The molecule has 0 heterocycles. The lowest BCUT2D eigenvalue weighted by Gasteiger charge is -2.23. The molecule has 1 amide bonds. The maximum absolute atomic E-state index is 12.2. The molecule has 0 aliphatic heterocycles. The third-order valence-corrected chi connectivity index (χ3v) is 3.58. The summed E-state index contributed by atoms with van der Waals surface area (Å²) in [5.41, 5.74) is 4.39. The fourth-order valence-electron chi connectivity index (χ4n) is 1.98. The van der Waals surface area contributed by atoms with Crippen molar-refractivity contribution in [3.05, 3.63) is 28.8 Å². The maximum atomic E-state index is 12.2. The minimum Gasteiger partial charge on any atom is -0.314 e. The zero-order chi connectivity index (χ0) is 13.9. The molecular formula is C15H20N2O. The first-order valence-electron chi connectivity index (χ1n) is 6.18. The molecule has 0 saturated heterocycles. The van der Waals surface area contributed by atoms with E-state index in [1.54, 1.807) is 11.9 Å². The van der Waals surface area contributed by atoms with E-state index < -0.39 is 5.92 Å². The van der Waals surface area contributed by atoms with Crippen LogP contribution in [0.1, 0.15) is 30.0 Å². The Morgan fingerprint density at radius 1 is 1.33 bits per heavy atom. The van der Waals surface area contributed by atoms with Gasteiger partial charge in [0.2, 0.25) is 5.91 Å². The smallest absolute Gasteiger partial charge is 0.244 e. The Bertz CT molecular complexity index is 500. The average molecular weight is 244 g/mol. The zero-order valence-corrected chi connectivity index (χ0v) is 11.7. The lowest BCUT2D eigenvalue weighted by atomic mass is 10.0. The van der Waals surface area contributed by atoms with Gasteiger partial charge >= 0.3 is 0 Å². The Morgan fingerprint density at radius 3 is 2.44 bits per heavy atom. The van der Waals surface area contributed by atoms with Crippen LogP contribution in [0.4, 0.5) is 5.69 Å². The number of hydrogen-bond acceptors (Lipinski definition) is 2. The highest BCUT2D eigenvalue weighted by Crippen LogP contribution is 2.25. The van der Waals surface area contributed by atoms with Gasteiger partial charge in [0.1, 0.15) is 5.92 Å². The van der Waals surface area contributed by atoms with E-state index in [1.165, 1.54) is 11.1 Å². The molecule has 18 heavy (non-hydrogen) atoms. The molecule has 3 nitrogen and oxygen atoms in total. The normalized spacial score (nSPS) is 11.8. The molecular weight excluding hydrogens is 224 g/mol. The Hall–Kier alpha value is -1.82. The topological polar surface area (TPSA) is 44.1 Å². The maximum Gasteiger partial charge on any atom is 0.244 e. The van der Waals surface area contributed by atoms with Crippen LogP contribution >= 0.6 is 0 Å². The van der Waals surface area contributed by atoms with Crippen molar-refractivity contribution in [1.82, 2.24) is 0 Å². The molecule has 0 fully saturated rings. The van der Waals surface area contributed by atoms with Crippen LogP contribution in [-0.4, -0.2) is 13.0 Å². The number of amides is 1. The van der Waals surface area contributed by atoms with Crippen LogP contribution < -0.4 is 4.90 Å². The van der Waals surface area contributed by atoms with Gasteiger partial charge in [-0.25, -0.2) is 0 Å². The van der Waals surface area contributed by atoms with Crippen molar-refractivity contribution in [2.24, 2.45) is 5.92 Å². The van der Waals surface area contributed by atoms with Crippen molar-refractivity contribution in [3.8, 4) is 6.07 Å². The summed E-state index contributed by atoms with van der Waals surface area (Å²) >= 11 is 0. The molecule has 96 valence electrons. The van der Waals surface area contributed by atoms with Crippen LogP contribution in [-0.2, 0) is 4.79 Å². The van der Waals surface area contributed by atoms with Gasteiger partial charge in [0, 0.05) is 12.7 Å². The third-order valence-electron chi connectivity index (χ3n) is 3.58. The lowest BCUT2D eigenvalue weighted by Crippen LogP contribution is -2.32. The van der Waals surface area contributed by atoms with E-state index >= 15 is 0 Å². The van der Waals surface area contributed by atoms with E-state index in [1.807, 2.05) is 32.9 Å². The van der Waals surface area contributed by atoms with Gasteiger partial charge in [0.25, 0.3) is 0 Å². The second-order valence-electron chi connectivity index (χ2n) is 4.64. The van der Waals surface area contributed by atoms with Crippen molar-refractivity contribution in [3.63, 3.8) is 0 Å². The molecule has 0 aliphatic carbocycles. The molecule has 0 bridgehead atoms. The van der Waals surface area contributed by atoms with Crippen LogP contribution in [0.3, 0.4) is 0 Å². The van der Waals surface area contributed by atoms with Gasteiger partial charge in [-0.15, -0.1) is 0 Å². The SMILES string of the molecule is CCC(C#N)C(=O)N(C)c1ccc(C)c(C)c1C. The van der Waals surface area contributed by atoms with Crippen LogP contribution in [0.15, 0.2) is 12.1 Å². The van der Waals surface area contributed by atoms with Crippen LogP contribution in [0, 0.1) is 38.0 Å². The largest absolute Gasteiger partial charge is 0.314 e. The number of anilines is 1. The van der Waals surface area contributed by atoms with Crippen LogP contribution in [0.25, 0.3) is 0 Å². The molecule has 0 aromatic heterocycles. The number of nitriles is 1. The molecule has 0 saturated carbocycles. The Balaban J connectivity index is 3.13. The van der Waals surface area contributed by atoms with Crippen molar-refractivity contribution < 1.29 is 4.79 Å². The second-order valence-corrected chi connectivity index (χ2v) is 4.64. The number of hydrogen-bond donors (Lipinski definition) is 0. The lowest BCUT2D eigenvalue weighted by molar-refractivity contribution is -0.120.